The topological polar surface area (TPSA) is 38.3 Å². The van der Waals surface area contributed by atoms with Gasteiger partial charge in [0.15, 0.2) is 18.2 Å². The van der Waals surface area contributed by atoms with Gasteiger partial charge in [-0.2, -0.15) is 0 Å². The van der Waals surface area contributed by atoms with Crippen LogP contribution in [-0.2, 0) is 11.2 Å². The van der Waals surface area contributed by atoms with E-state index in [4.69, 9.17) is 4.74 Å². The van der Waals surface area contributed by atoms with Crippen molar-refractivity contribution >= 4 is 27.5 Å². The van der Waals surface area contributed by atoms with Gasteiger partial charge in [0.05, 0.1) is 4.47 Å². The Bertz CT molecular complexity index is 692. The first kappa shape index (κ1) is 16.4. The number of ether oxygens (including phenoxy) is 1. The Morgan fingerprint density at radius 2 is 1.95 bits per heavy atom. The van der Waals surface area contributed by atoms with Crippen molar-refractivity contribution in [3.63, 3.8) is 0 Å². The minimum absolute atomic E-state index is 0.174. The smallest absolute Gasteiger partial charge is 0.262 e. The molecule has 0 unspecified atom stereocenters. The van der Waals surface area contributed by atoms with Crippen molar-refractivity contribution in [3.05, 3.63) is 58.1 Å². The van der Waals surface area contributed by atoms with Gasteiger partial charge in [0, 0.05) is 11.8 Å². The van der Waals surface area contributed by atoms with Crippen molar-refractivity contribution < 1.29 is 18.3 Å². The number of hydrogen-bond donors (Lipinski definition) is 1. The third-order valence-electron chi connectivity index (χ3n) is 2.97. The number of anilines is 1. The van der Waals surface area contributed by atoms with Gasteiger partial charge >= 0.3 is 0 Å². The fourth-order valence-corrected chi connectivity index (χ4v) is 2.34. The van der Waals surface area contributed by atoms with Crippen molar-refractivity contribution in [1.82, 2.24) is 0 Å². The molecule has 116 valence electrons. The number of carbonyl (C=O) groups excluding carboxylic acids is 1. The fourth-order valence-electron chi connectivity index (χ4n) is 1.80. The highest BCUT2D eigenvalue weighted by Gasteiger charge is 2.08. The number of rotatable bonds is 5. The van der Waals surface area contributed by atoms with Crippen molar-refractivity contribution in [1.29, 1.82) is 0 Å². The van der Waals surface area contributed by atoms with Gasteiger partial charge in [-0.15, -0.1) is 0 Å². The van der Waals surface area contributed by atoms with Crippen LogP contribution in [0.5, 0.6) is 5.75 Å². The number of aryl methyl sites for hydroxylation is 1. The lowest BCUT2D eigenvalue weighted by molar-refractivity contribution is -0.118. The van der Waals surface area contributed by atoms with Gasteiger partial charge in [-0.1, -0.05) is 13.0 Å². The molecule has 2 rings (SSSR count). The molecule has 6 heteroatoms. The molecule has 0 saturated carbocycles. The summed E-state index contributed by atoms with van der Waals surface area (Å²) in [4.78, 5) is 11.7. The molecule has 1 amide bonds. The molecule has 0 bridgehead atoms. The lowest BCUT2D eigenvalue weighted by atomic mass is 10.2. The largest absolute Gasteiger partial charge is 0.483 e. The summed E-state index contributed by atoms with van der Waals surface area (Å²) >= 11 is 3.37. The molecule has 0 aliphatic heterocycles. The van der Waals surface area contributed by atoms with Crippen LogP contribution in [0.25, 0.3) is 0 Å². The van der Waals surface area contributed by atoms with Crippen LogP contribution in [0.4, 0.5) is 14.5 Å². The number of benzene rings is 2. The van der Waals surface area contributed by atoms with Crippen molar-refractivity contribution in [2.45, 2.75) is 13.3 Å². The number of halogens is 3. The normalized spacial score (nSPS) is 10.4. The maximum Gasteiger partial charge on any atom is 0.262 e. The summed E-state index contributed by atoms with van der Waals surface area (Å²) < 4.78 is 32.0. The van der Waals surface area contributed by atoms with Crippen molar-refractivity contribution in [2.24, 2.45) is 0 Å². The van der Waals surface area contributed by atoms with Crippen LogP contribution in [0.2, 0.25) is 0 Å². The second kappa shape index (κ2) is 7.35. The Kier molecular flexibility index (Phi) is 5.49. The summed E-state index contributed by atoms with van der Waals surface area (Å²) in [6.07, 6.45) is 0.898. The first-order valence-corrected chi connectivity index (χ1v) is 7.45. The summed E-state index contributed by atoms with van der Waals surface area (Å²) in [6, 6.07) is 8.75. The third kappa shape index (κ3) is 4.27. The molecule has 3 nitrogen and oxygen atoms in total. The van der Waals surface area contributed by atoms with E-state index in [2.05, 4.69) is 21.2 Å². The molecule has 0 atom stereocenters. The van der Waals surface area contributed by atoms with E-state index < -0.39 is 17.5 Å². The third-order valence-corrected chi connectivity index (χ3v) is 3.59. The number of nitrogens with one attached hydrogen (secondary N) is 1. The molecule has 0 aliphatic rings. The van der Waals surface area contributed by atoms with Crippen LogP contribution in [0.3, 0.4) is 0 Å². The summed E-state index contributed by atoms with van der Waals surface area (Å²) in [5.74, 6) is -1.90. The lowest BCUT2D eigenvalue weighted by Gasteiger charge is -2.10. The summed E-state index contributed by atoms with van der Waals surface area (Å²) in [6.45, 7) is 1.81. The molecule has 1 N–H and O–H groups in total. The SMILES string of the molecule is CCc1ccc(OCC(=O)Nc2ccc(F)c(F)c2)c(Br)c1. The Morgan fingerprint density at radius 1 is 1.18 bits per heavy atom. The second-order valence-corrected chi connectivity index (χ2v) is 5.44. The first-order chi connectivity index (χ1) is 10.5. The van der Waals surface area contributed by atoms with Gasteiger partial charge < -0.3 is 10.1 Å². The Morgan fingerprint density at radius 3 is 2.59 bits per heavy atom. The van der Waals surface area contributed by atoms with Crippen LogP contribution in [-0.4, -0.2) is 12.5 Å². The molecule has 2 aromatic rings. The second-order valence-electron chi connectivity index (χ2n) is 4.58. The highest BCUT2D eigenvalue weighted by atomic mass is 79.9. The Labute approximate surface area is 135 Å². The van der Waals surface area contributed by atoms with E-state index in [1.54, 1.807) is 6.07 Å². The molecule has 22 heavy (non-hydrogen) atoms. The minimum Gasteiger partial charge on any atom is -0.483 e. The van der Waals surface area contributed by atoms with Gasteiger partial charge in [0.25, 0.3) is 5.91 Å². The molecular formula is C16H14BrF2NO2. The lowest BCUT2D eigenvalue weighted by Crippen LogP contribution is -2.20. The zero-order valence-corrected chi connectivity index (χ0v) is 13.4. The number of amides is 1. The predicted octanol–water partition coefficient (Wildman–Crippen LogP) is 4.31. The number of carbonyl (C=O) groups is 1. The van der Waals surface area contributed by atoms with Gasteiger partial charge in [-0.3, -0.25) is 4.79 Å². The quantitative estimate of drug-likeness (QED) is 0.852. The van der Waals surface area contributed by atoms with E-state index in [0.29, 0.717) is 5.75 Å². The molecular weight excluding hydrogens is 356 g/mol. The monoisotopic (exact) mass is 369 g/mol. The van der Waals surface area contributed by atoms with E-state index in [0.717, 1.165) is 28.6 Å². The van der Waals surface area contributed by atoms with E-state index in [9.17, 15) is 13.6 Å². The fraction of sp³-hybridized carbons (Fsp3) is 0.188. The zero-order chi connectivity index (χ0) is 16.1. The van der Waals surface area contributed by atoms with Crippen LogP contribution in [0.15, 0.2) is 40.9 Å². The first-order valence-electron chi connectivity index (χ1n) is 6.65. The van der Waals surface area contributed by atoms with E-state index >= 15 is 0 Å². The predicted molar refractivity (Wildman–Crippen MR) is 84.0 cm³/mol. The molecule has 0 aliphatic carbocycles. The highest BCUT2D eigenvalue weighted by Crippen LogP contribution is 2.26. The summed E-state index contributed by atoms with van der Waals surface area (Å²) in [5.41, 5.74) is 1.32. The molecule has 0 spiro atoms. The highest BCUT2D eigenvalue weighted by molar-refractivity contribution is 9.10. The number of hydrogen-bond acceptors (Lipinski definition) is 2. The Balaban J connectivity index is 1.93. The average Bonchev–Trinajstić information content (AvgIpc) is 2.49. The van der Waals surface area contributed by atoms with Crippen LogP contribution in [0, 0.1) is 11.6 Å². The van der Waals surface area contributed by atoms with Crippen LogP contribution >= 0.6 is 15.9 Å². The van der Waals surface area contributed by atoms with E-state index in [1.807, 2.05) is 19.1 Å². The molecule has 0 heterocycles. The average molecular weight is 370 g/mol. The maximum absolute atomic E-state index is 13.0. The van der Waals surface area contributed by atoms with Gasteiger partial charge in [-0.05, 0) is 52.2 Å². The van der Waals surface area contributed by atoms with Crippen molar-refractivity contribution in [3.8, 4) is 5.75 Å². The molecule has 0 aromatic heterocycles. The standard InChI is InChI=1S/C16H14BrF2NO2/c1-2-10-3-6-15(12(17)7-10)22-9-16(21)20-11-4-5-13(18)14(19)8-11/h3-8H,2,9H2,1H3,(H,20,21). The minimum atomic E-state index is -1.02. The van der Waals surface area contributed by atoms with E-state index in [1.165, 1.54) is 6.07 Å². The Hall–Kier alpha value is -1.95. The van der Waals surface area contributed by atoms with Crippen LogP contribution in [0.1, 0.15) is 12.5 Å². The summed E-state index contributed by atoms with van der Waals surface area (Å²) in [5, 5.41) is 2.44. The van der Waals surface area contributed by atoms with Gasteiger partial charge in [0.2, 0.25) is 0 Å². The van der Waals surface area contributed by atoms with Crippen molar-refractivity contribution in [2.75, 3.05) is 11.9 Å². The maximum atomic E-state index is 13.0. The summed E-state index contributed by atoms with van der Waals surface area (Å²) in [7, 11) is 0. The molecule has 0 fully saturated rings. The molecule has 0 saturated heterocycles. The van der Waals surface area contributed by atoms with Gasteiger partial charge in [0.1, 0.15) is 5.75 Å². The van der Waals surface area contributed by atoms with Crippen LogP contribution < -0.4 is 10.1 Å². The zero-order valence-electron chi connectivity index (χ0n) is 11.8. The van der Waals surface area contributed by atoms with E-state index in [-0.39, 0.29) is 12.3 Å². The van der Waals surface area contributed by atoms with Gasteiger partial charge in [-0.25, -0.2) is 8.78 Å². The molecule has 0 radical (unpaired) electrons. The molecule has 2 aromatic carbocycles.